The van der Waals surface area contributed by atoms with Crippen molar-refractivity contribution in [3.05, 3.63) is 70.4 Å². The van der Waals surface area contributed by atoms with E-state index in [0.29, 0.717) is 34.5 Å². The van der Waals surface area contributed by atoms with Crippen molar-refractivity contribution in [2.45, 2.75) is 13.8 Å². The lowest BCUT2D eigenvalue weighted by atomic mass is 10.1. The molecule has 0 bridgehead atoms. The van der Waals surface area contributed by atoms with Crippen LogP contribution in [0.4, 0.5) is 17.1 Å². The van der Waals surface area contributed by atoms with Gasteiger partial charge in [0.1, 0.15) is 12.4 Å². The van der Waals surface area contributed by atoms with Crippen LogP contribution in [0.3, 0.4) is 0 Å². The summed E-state index contributed by atoms with van der Waals surface area (Å²) in [6.07, 6.45) is 0. The fourth-order valence-corrected chi connectivity index (χ4v) is 3.84. The van der Waals surface area contributed by atoms with Crippen LogP contribution in [0, 0.1) is 13.8 Å². The predicted octanol–water partition coefficient (Wildman–Crippen LogP) is 5.13. The van der Waals surface area contributed by atoms with E-state index in [2.05, 4.69) is 9.88 Å². The van der Waals surface area contributed by atoms with Crippen LogP contribution in [0.25, 0.3) is 0 Å². The molecule has 0 atom stereocenters. The highest BCUT2D eigenvalue weighted by Gasteiger charge is 2.33. The third kappa shape index (κ3) is 3.44. The second kappa shape index (κ2) is 7.88. The first-order valence-corrected chi connectivity index (χ1v) is 9.86. The Morgan fingerprint density at radius 1 is 0.900 bits per heavy atom. The maximum absolute atomic E-state index is 13.4. The number of halogens is 1. The number of aromatic nitrogens is 1. The zero-order valence-corrected chi connectivity index (χ0v) is 18.0. The zero-order valence-electron chi connectivity index (χ0n) is 17.3. The van der Waals surface area contributed by atoms with E-state index in [4.69, 9.17) is 21.1 Å². The molecule has 0 saturated carbocycles. The largest absolute Gasteiger partial charge is 0.495 e. The first-order valence-electron chi connectivity index (χ1n) is 9.48. The summed E-state index contributed by atoms with van der Waals surface area (Å²) in [7, 11) is 3.21. The molecule has 0 unspecified atom stereocenters. The topological polar surface area (TPSA) is 54.9 Å². The molecule has 1 aromatic heterocycles. The number of methoxy groups -OCH3 is 2. The number of hydrogen-bond donors (Lipinski definition) is 0. The second-order valence-electron chi connectivity index (χ2n) is 7.10. The van der Waals surface area contributed by atoms with Gasteiger partial charge in [-0.3, -0.25) is 9.69 Å². The lowest BCUT2D eigenvalue weighted by Crippen LogP contribution is -2.45. The Balaban J connectivity index is 1.88. The van der Waals surface area contributed by atoms with Gasteiger partial charge in [0.15, 0.2) is 0 Å². The van der Waals surface area contributed by atoms with Crippen molar-refractivity contribution in [1.29, 1.82) is 0 Å². The molecule has 0 N–H and O–H groups in total. The Morgan fingerprint density at radius 2 is 1.63 bits per heavy atom. The number of fused-ring (bicyclic) bond motifs is 1. The number of amides is 1. The van der Waals surface area contributed by atoms with E-state index in [0.717, 1.165) is 22.7 Å². The SMILES string of the molecule is COc1ccc(N2CN(c3ccc(C)cc3OC)c3ccc(Cl)cc3C2=O)c(C)n1. The van der Waals surface area contributed by atoms with Crippen molar-refractivity contribution in [3.8, 4) is 11.6 Å². The molecule has 0 saturated heterocycles. The summed E-state index contributed by atoms with van der Waals surface area (Å²) in [5.41, 5.74) is 4.66. The average molecular weight is 424 g/mol. The van der Waals surface area contributed by atoms with Gasteiger partial charge in [-0.15, -0.1) is 0 Å². The molecule has 154 valence electrons. The molecule has 2 aromatic carbocycles. The van der Waals surface area contributed by atoms with E-state index < -0.39 is 0 Å². The van der Waals surface area contributed by atoms with Crippen molar-refractivity contribution in [3.63, 3.8) is 0 Å². The molecule has 3 aromatic rings. The predicted molar refractivity (Wildman–Crippen MR) is 119 cm³/mol. The van der Waals surface area contributed by atoms with E-state index in [1.807, 2.05) is 44.2 Å². The number of benzene rings is 2. The highest BCUT2D eigenvalue weighted by molar-refractivity contribution is 6.31. The quantitative estimate of drug-likeness (QED) is 0.582. The van der Waals surface area contributed by atoms with Gasteiger partial charge in [0, 0.05) is 11.1 Å². The maximum Gasteiger partial charge on any atom is 0.261 e. The molecule has 0 aliphatic carbocycles. The first kappa shape index (κ1) is 20.0. The minimum absolute atomic E-state index is 0.134. The van der Waals surface area contributed by atoms with Gasteiger partial charge in [-0.05, 0) is 55.8 Å². The molecule has 7 heteroatoms. The number of pyridine rings is 1. The molecule has 0 spiro atoms. The van der Waals surface area contributed by atoms with Crippen molar-refractivity contribution in [2.75, 3.05) is 30.7 Å². The Bertz CT molecular complexity index is 1130. The molecule has 2 heterocycles. The molecule has 1 amide bonds. The Labute approximate surface area is 180 Å². The number of ether oxygens (including phenoxy) is 2. The summed E-state index contributed by atoms with van der Waals surface area (Å²) < 4.78 is 10.8. The number of anilines is 3. The summed E-state index contributed by atoms with van der Waals surface area (Å²) in [4.78, 5) is 21.6. The molecular weight excluding hydrogens is 402 g/mol. The summed E-state index contributed by atoms with van der Waals surface area (Å²) in [6, 6.07) is 15.0. The number of carbonyl (C=O) groups is 1. The van der Waals surface area contributed by atoms with Crippen LogP contribution < -0.4 is 19.3 Å². The first-order chi connectivity index (χ1) is 14.4. The molecule has 30 heavy (non-hydrogen) atoms. The lowest BCUT2D eigenvalue weighted by Gasteiger charge is -2.39. The number of rotatable bonds is 4. The van der Waals surface area contributed by atoms with Crippen molar-refractivity contribution >= 4 is 34.6 Å². The van der Waals surface area contributed by atoms with Gasteiger partial charge >= 0.3 is 0 Å². The fourth-order valence-electron chi connectivity index (χ4n) is 3.67. The summed E-state index contributed by atoms with van der Waals surface area (Å²) in [5, 5.41) is 0.504. The zero-order chi connectivity index (χ0) is 21.4. The normalized spacial score (nSPS) is 13.3. The van der Waals surface area contributed by atoms with Crippen LogP contribution in [0.1, 0.15) is 21.6 Å². The number of nitrogens with zero attached hydrogens (tertiary/aromatic N) is 3. The molecule has 4 rings (SSSR count). The highest BCUT2D eigenvalue weighted by atomic mass is 35.5. The van der Waals surface area contributed by atoms with Crippen LogP contribution >= 0.6 is 11.6 Å². The molecule has 0 fully saturated rings. The molecule has 1 aliphatic rings. The summed E-state index contributed by atoms with van der Waals surface area (Å²) in [5.74, 6) is 1.10. The van der Waals surface area contributed by atoms with Crippen LogP contribution in [-0.4, -0.2) is 31.8 Å². The third-order valence-corrected chi connectivity index (χ3v) is 5.40. The highest BCUT2D eigenvalue weighted by Crippen LogP contribution is 2.41. The van der Waals surface area contributed by atoms with E-state index >= 15 is 0 Å². The average Bonchev–Trinajstić information content (AvgIpc) is 2.74. The van der Waals surface area contributed by atoms with Crippen LogP contribution in [-0.2, 0) is 0 Å². The van der Waals surface area contributed by atoms with E-state index in [-0.39, 0.29) is 5.91 Å². The number of hydrogen-bond acceptors (Lipinski definition) is 5. The van der Waals surface area contributed by atoms with E-state index in [1.165, 1.54) is 0 Å². The standard InChI is InChI=1S/C23H22ClN3O3/c1-14-5-7-20(21(11-14)29-3)26-13-27(18-9-10-22(30-4)25-15(18)2)23(28)17-12-16(24)6-8-19(17)26/h5-12H,13H2,1-4H3. The number of aryl methyl sites for hydroxylation is 2. The van der Waals surface area contributed by atoms with Crippen LogP contribution in [0.5, 0.6) is 11.6 Å². The van der Waals surface area contributed by atoms with Gasteiger partial charge in [0.25, 0.3) is 5.91 Å². The molecule has 1 aliphatic heterocycles. The number of carbonyl (C=O) groups excluding carboxylic acids is 1. The minimum atomic E-state index is -0.134. The Kier molecular flexibility index (Phi) is 5.26. The van der Waals surface area contributed by atoms with Crippen molar-refractivity contribution in [2.24, 2.45) is 0 Å². The van der Waals surface area contributed by atoms with Gasteiger partial charge < -0.3 is 14.4 Å². The Morgan fingerprint density at radius 3 is 2.33 bits per heavy atom. The molecular formula is C23H22ClN3O3. The smallest absolute Gasteiger partial charge is 0.261 e. The van der Waals surface area contributed by atoms with Gasteiger partial charge in [-0.25, -0.2) is 4.98 Å². The minimum Gasteiger partial charge on any atom is -0.495 e. The van der Waals surface area contributed by atoms with Gasteiger partial charge in [-0.2, -0.15) is 0 Å². The van der Waals surface area contributed by atoms with Crippen LogP contribution in [0.15, 0.2) is 48.5 Å². The van der Waals surface area contributed by atoms with Gasteiger partial charge in [0.05, 0.1) is 42.5 Å². The second-order valence-corrected chi connectivity index (χ2v) is 7.53. The summed E-state index contributed by atoms with van der Waals surface area (Å²) >= 11 is 6.24. The summed E-state index contributed by atoms with van der Waals surface area (Å²) in [6.45, 7) is 4.18. The molecule has 6 nitrogen and oxygen atoms in total. The monoisotopic (exact) mass is 423 g/mol. The molecule has 0 radical (unpaired) electrons. The van der Waals surface area contributed by atoms with Gasteiger partial charge in [-0.1, -0.05) is 17.7 Å². The van der Waals surface area contributed by atoms with Crippen molar-refractivity contribution < 1.29 is 14.3 Å². The lowest BCUT2D eigenvalue weighted by molar-refractivity contribution is 0.0983. The maximum atomic E-state index is 13.4. The third-order valence-electron chi connectivity index (χ3n) is 5.17. The Hall–Kier alpha value is -3.25. The van der Waals surface area contributed by atoms with Crippen molar-refractivity contribution in [1.82, 2.24) is 4.98 Å². The fraction of sp³-hybridized carbons (Fsp3) is 0.217. The van der Waals surface area contributed by atoms with E-state index in [1.54, 1.807) is 37.3 Å². The van der Waals surface area contributed by atoms with Crippen LogP contribution in [0.2, 0.25) is 5.02 Å². The van der Waals surface area contributed by atoms with Gasteiger partial charge in [0.2, 0.25) is 5.88 Å². The van der Waals surface area contributed by atoms with E-state index in [9.17, 15) is 4.79 Å².